The fourth-order valence-corrected chi connectivity index (χ4v) is 2.40. The van der Waals surface area contributed by atoms with Gasteiger partial charge in [-0.1, -0.05) is 13.8 Å². The highest BCUT2D eigenvalue weighted by molar-refractivity contribution is 5.51. The lowest BCUT2D eigenvalue weighted by Gasteiger charge is -2.21. The van der Waals surface area contributed by atoms with Crippen molar-refractivity contribution in [2.24, 2.45) is 17.6 Å². The van der Waals surface area contributed by atoms with Crippen molar-refractivity contribution in [1.29, 1.82) is 0 Å². The molecule has 2 rings (SSSR count). The van der Waals surface area contributed by atoms with Crippen LogP contribution in [0.4, 0.5) is 5.82 Å². The van der Waals surface area contributed by atoms with Gasteiger partial charge in [0.15, 0.2) is 0 Å². The normalized spacial score (nSPS) is 25.1. The number of aromatic nitrogens is 1. The third-order valence-electron chi connectivity index (χ3n) is 3.76. The lowest BCUT2D eigenvalue weighted by molar-refractivity contribution is 0.494. The summed E-state index contributed by atoms with van der Waals surface area (Å²) >= 11 is 0. The molecule has 1 aromatic heterocycles. The minimum absolute atomic E-state index is 0.578. The molecule has 2 heterocycles. The van der Waals surface area contributed by atoms with Crippen LogP contribution in [0.1, 0.15) is 25.0 Å². The quantitative estimate of drug-likeness (QED) is 0.826. The number of pyridine rings is 1. The molecule has 0 spiro atoms. The van der Waals surface area contributed by atoms with Gasteiger partial charge in [0.25, 0.3) is 0 Å². The van der Waals surface area contributed by atoms with E-state index in [0.717, 1.165) is 30.7 Å². The second-order valence-corrected chi connectivity index (χ2v) is 4.99. The summed E-state index contributed by atoms with van der Waals surface area (Å²) in [4.78, 5) is 6.89. The standard InChI is InChI=1S/C13H21N3/c1-9-4-5-15-13(12(9)6-14)16-7-10(2)11(3)8-16/h4-5,10-11H,6-8,14H2,1-3H3. The molecule has 0 bridgehead atoms. The first kappa shape index (κ1) is 11.4. The van der Waals surface area contributed by atoms with Crippen LogP contribution in [0.2, 0.25) is 0 Å². The van der Waals surface area contributed by atoms with Crippen LogP contribution in [0, 0.1) is 18.8 Å². The summed E-state index contributed by atoms with van der Waals surface area (Å²) in [7, 11) is 0. The Hall–Kier alpha value is -1.09. The molecule has 1 aliphatic heterocycles. The Balaban J connectivity index is 2.31. The summed E-state index contributed by atoms with van der Waals surface area (Å²) < 4.78 is 0. The van der Waals surface area contributed by atoms with Gasteiger partial charge in [0, 0.05) is 31.4 Å². The summed E-state index contributed by atoms with van der Waals surface area (Å²) in [5, 5.41) is 0. The molecule has 1 fully saturated rings. The Morgan fingerprint density at radius 1 is 1.38 bits per heavy atom. The largest absolute Gasteiger partial charge is 0.356 e. The van der Waals surface area contributed by atoms with Gasteiger partial charge in [0.2, 0.25) is 0 Å². The summed E-state index contributed by atoms with van der Waals surface area (Å²) in [6.07, 6.45) is 1.89. The van der Waals surface area contributed by atoms with E-state index in [0.29, 0.717) is 6.54 Å². The van der Waals surface area contributed by atoms with E-state index in [2.05, 4.69) is 30.7 Å². The van der Waals surface area contributed by atoms with Crippen molar-refractivity contribution < 1.29 is 0 Å². The Morgan fingerprint density at radius 3 is 2.56 bits per heavy atom. The third kappa shape index (κ3) is 1.92. The predicted octanol–water partition coefficient (Wildman–Crippen LogP) is 1.94. The molecule has 2 atom stereocenters. The van der Waals surface area contributed by atoms with Gasteiger partial charge in [-0.05, 0) is 30.4 Å². The highest BCUT2D eigenvalue weighted by Gasteiger charge is 2.28. The molecular formula is C13H21N3. The summed E-state index contributed by atoms with van der Waals surface area (Å²) in [5.41, 5.74) is 8.27. The fourth-order valence-electron chi connectivity index (χ4n) is 2.40. The molecule has 0 saturated carbocycles. The second kappa shape index (κ2) is 4.42. The van der Waals surface area contributed by atoms with E-state index in [1.165, 1.54) is 11.1 Å². The summed E-state index contributed by atoms with van der Waals surface area (Å²) in [5.74, 6) is 2.58. The summed E-state index contributed by atoms with van der Waals surface area (Å²) in [6.45, 7) is 9.50. The number of nitrogens with two attached hydrogens (primary N) is 1. The van der Waals surface area contributed by atoms with E-state index in [4.69, 9.17) is 5.73 Å². The van der Waals surface area contributed by atoms with Crippen LogP contribution in [0.5, 0.6) is 0 Å². The zero-order valence-electron chi connectivity index (χ0n) is 10.4. The molecule has 0 aromatic carbocycles. The number of nitrogens with zero attached hydrogens (tertiary/aromatic N) is 2. The lowest BCUT2D eigenvalue weighted by atomic mass is 10.0. The van der Waals surface area contributed by atoms with E-state index < -0.39 is 0 Å². The van der Waals surface area contributed by atoms with Gasteiger partial charge < -0.3 is 10.6 Å². The van der Waals surface area contributed by atoms with Crippen LogP contribution >= 0.6 is 0 Å². The van der Waals surface area contributed by atoms with Crippen LogP contribution in [0.3, 0.4) is 0 Å². The van der Waals surface area contributed by atoms with Crippen molar-refractivity contribution in [3.05, 3.63) is 23.4 Å². The van der Waals surface area contributed by atoms with E-state index >= 15 is 0 Å². The van der Waals surface area contributed by atoms with Gasteiger partial charge in [-0.3, -0.25) is 0 Å². The zero-order chi connectivity index (χ0) is 11.7. The van der Waals surface area contributed by atoms with Crippen molar-refractivity contribution in [3.63, 3.8) is 0 Å². The topological polar surface area (TPSA) is 42.2 Å². The lowest BCUT2D eigenvalue weighted by Crippen LogP contribution is -2.23. The molecule has 0 aliphatic carbocycles. The highest BCUT2D eigenvalue weighted by atomic mass is 15.2. The molecule has 1 aliphatic rings. The molecule has 2 N–H and O–H groups in total. The molecule has 16 heavy (non-hydrogen) atoms. The van der Waals surface area contributed by atoms with Gasteiger partial charge in [-0.25, -0.2) is 4.98 Å². The van der Waals surface area contributed by atoms with Crippen molar-refractivity contribution in [1.82, 2.24) is 4.98 Å². The molecular weight excluding hydrogens is 198 g/mol. The second-order valence-electron chi connectivity index (χ2n) is 4.99. The van der Waals surface area contributed by atoms with Crippen molar-refractivity contribution in [2.75, 3.05) is 18.0 Å². The SMILES string of the molecule is Cc1ccnc(N2CC(C)C(C)C2)c1CN. The van der Waals surface area contributed by atoms with Gasteiger partial charge in [0.05, 0.1) is 0 Å². The number of rotatable bonds is 2. The molecule has 2 unspecified atom stereocenters. The number of hydrogen-bond donors (Lipinski definition) is 1. The van der Waals surface area contributed by atoms with Crippen molar-refractivity contribution >= 4 is 5.82 Å². The first-order valence-electron chi connectivity index (χ1n) is 6.03. The first-order valence-corrected chi connectivity index (χ1v) is 6.03. The number of anilines is 1. The average Bonchev–Trinajstić information content (AvgIpc) is 2.59. The summed E-state index contributed by atoms with van der Waals surface area (Å²) in [6, 6.07) is 2.04. The van der Waals surface area contributed by atoms with E-state index in [9.17, 15) is 0 Å². The van der Waals surface area contributed by atoms with Crippen LogP contribution in [-0.2, 0) is 6.54 Å². The molecule has 3 heteroatoms. The van der Waals surface area contributed by atoms with Gasteiger partial charge in [-0.15, -0.1) is 0 Å². The van der Waals surface area contributed by atoms with Gasteiger partial charge >= 0.3 is 0 Å². The van der Waals surface area contributed by atoms with Crippen molar-refractivity contribution in [3.8, 4) is 0 Å². The molecule has 1 saturated heterocycles. The highest BCUT2D eigenvalue weighted by Crippen LogP contribution is 2.29. The molecule has 88 valence electrons. The van der Waals surface area contributed by atoms with Gasteiger partial charge in [0.1, 0.15) is 5.82 Å². The Bertz CT molecular complexity index is 365. The maximum Gasteiger partial charge on any atom is 0.133 e. The molecule has 3 nitrogen and oxygen atoms in total. The minimum Gasteiger partial charge on any atom is -0.356 e. The van der Waals surface area contributed by atoms with E-state index in [1.54, 1.807) is 0 Å². The maximum absolute atomic E-state index is 5.82. The third-order valence-corrected chi connectivity index (χ3v) is 3.76. The van der Waals surface area contributed by atoms with Crippen LogP contribution < -0.4 is 10.6 Å². The number of aryl methyl sites for hydroxylation is 1. The van der Waals surface area contributed by atoms with Crippen LogP contribution in [-0.4, -0.2) is 18.1 Å². The van der Waals surface area contributed by atoms with Crippen molar-refractivity contribution in [2.45, 2.75) is 27.3 Å². The maximum atomic E-state index is 5.82. The minimum atomic E-state index is 0.578. The Labute approximate surface area is 97.7 Å². The average molecular weight is 219 g/mol. The molecule has 1 aromatic rings. The van der Waals surface area contributed by atoms with Crippen LogP contribution in [0.25, 0.3) is 0 Å². The fraction of sp³-hybridized carbons (Fsp3) is 0.615. The predicted molar refractivity (Wildman–Crippen MR) is 67.4 cm³/mol. The van der Waals surface area contributed by atoms with E-state index in [1.807, 2.05) is 12.3 Å². The number of hydrogen-bond acceptors (Lipinski definition) is 3. The van der Waals surface area contributed by atoms with Crippen LogP contribution in [0.15, 0.2) is 12.3 Å². The monoisotopic (exact) mass is 219 g/mol. The Kier molecular flexibility index (Phi) is 3.15. The zero-order valence-corrected chi connectivity index (χ0v) is 10.4. The first-order chi connectivity index (χ1) is 7.63. The molecule has 0 amide bonds. The Morgan fingerprint density at radius 2 is 2.00 bits per heavy atom. The smallest absolute Gasteiger partial charge is 0.133 e. The van der Waals surface area contributed by atoms with E-state index in [-0.39, 0.29) is 0 Å². The van der Waals surface area contributed by atoms with Gasteiger partial charge in [-0.2, -0.15) is 0 Å². The molecule has 0 radical (unpaired) electrons.